The van der Waals surface area contributed by atoms with Crippen LogP contribution < -0.4 is 0 Å². The van der Waals surface area contributed by atoms with Crippen molar-refractivity contribution >= 4 is 5.91 Å². The van der Waals surface area contributed by atoms with Gasteiger partial charge in [-0.15, -0.1) is 0 Å². The van der Waals surface area contributed by atoms with Crippen molar-refractivity contribution in [2.45, 2.75) is 31.4 Å². The van der Waals surface area contributed by atoms with Gasteiger partial charge in [-0.2, -0.15) is 4.98 Å². The number of amides is 1. The molecule has 1 fully saturated rings. The third kappa shape index (κ3) is 3.81. The molecule has 25 heavy (non-hydrogen) atoms. The van der Waals surface area contributed by atoms with Crippen molar-refractivity contribution in [2.75, 3.05) is 13.7 Å². The summed E-state index contributed by atoms with van der Waals surface area (Å²) in [6.07, 6.45) is -0.942. The van der Waals surface area contributed by atoms with Crippen LogP contribution in [0.4, 0.5) is 13.2 Å². The first-order valence-corrected chi connectivity index (χ1v) is 7.62. The molecule has 6 nitrogen and oxygen atoms in total. The molecule has 1 aliphatic heterocycles. The third-order valence-corrected chi connectivity index (χ3v) is 3.93. The first kappa shape index (κ1) is 17.4. The van der Waals surface area contributed by atoms with E-state index in [1.165, 1.54) is 25.3 Å². The maximum Gasteiger partial charge on any atom is 0.267 e. The van der Waals surface area contributed by atoms with Gasteiger partial charge >= 0.3 is 0 Å². The molecule has 1 aliphatic rings. The van der Waals surface area contributed by atoms with Crippen molar-refractivity contribution in [3.05, 3.63) is 47.4 Å². The van der Waals surface area contributed by atoms with Crippen LogP contribution in [0.5, 0.6) is 0 Å². The van der Waals surface area contributed by atoms with Gasteiger partial charge < -0.3 is 14.2 Å². The Balaban J connectivity index is 1.81. The summed E-state index contributed by atoms with van der Waals surface area (Å²) in [5, 5.41) is 3.64. The van der Waals surface area contributed by atoms with Gasteiger partial charge in [-0.25, -0.2) is 13.2 Å². The van der Waals surface area contributed by atoms with E-state index in [2.05, 4.69) is 10.1 Å². The van der Waals surface area contributed by atoms with Crippen LogP contribution in [0, 0.1) is 5.82 Å². The Labute approximate surface area is 141 Å². The maximum absolute atomic E-state index is 13.9. The molecule has 1 aromatic heterocycles. The molecule has 2 aromatic rings. The predicted octanol–water partition coefficient (Wildman–Crippen LogP) is 2.51. The molecule has 0 unspecified atom stereocenters. The van der Waals surface area contributed by atoms with E-state index in [9.17, 15) is 18.0 Å². The van der Waals surface area contributed by atoms with E-state index >= 15 is 0 Å². The highest BCUT2D eigenvalue weighted by molar-refractivity contribution is 5.79. The van der Waals surface area contributed by atoms with Crippen LogP contribution in [0.15, 0.2) is 28.8 Å². The Bertz CT molecular complexity index is 766. The second-order valence-electron chi connectivity index (χ2n) is 5.85. The predicted molar refractivity (Wildman–Crippen MR) is 79.1 cm³/mol. The van der Waals surface area contributed by atoms with Crippen molar-refractivity contribution in [1.29, 1.82) is 0 Å². The number of likely N-dealkylation sites (tertiary alicyclic amines) is 1. The van der Waals surface area contributed by atoms with E-state index in [0.29, 0.717) is 0 Å². The van der Waals surface area contributed by atoms with Gasteiger partial charge in [0.05, 0.1) is 13.0 Å². The second kappa shape index (κ2) is 6.83. The number of rotatable bonds is 5. The first-order valence-electron chi connectivity index (χ1n) is 7.62. The summed E-state index contributed by atoms with van der Waals surface area (Å²) in [7, 11) is 1.43. The average Bonchev–Trinajstić information content (AvgIpc) is 3.14. The molecule has 1 atom stereocenters. The molecular weight excluding hydrogens is 339 g/mol. The third-order valence-electron chi connectivity index (χ3n) is 3.93. The van der Waals surface area contributed by atoms with Gasteiger partial charge in [-0.05, 0) is 11.6 Å². The van der Waals surface area contributed by atoms with Crippen LogP contribution in [-0.2, 0) is 22.6 Å². The first-order chi connectivity index (χ1) is 11.9. The van der Waals surface area contributed by atoms with E-state index in [4.69, 9.17) is 9.26 Å². The topological polar surface area (TPSA) is 68.5 Å². The van der Waals surface area contributed by atoms with Gasteiger partial charge in [-0.1, -0.05) is 23.4 Å². The van der Waals surface area contributed by atoms with E-state index < -0.39 is 36.7 Å². The number of alkyl halides is 2. The lowest BCUT2D eigenvalue weighted by atomic mass is 10.1. The molecule has 0 radical (unpaired) electrons. The van der Waals surface area contributed by atoms with Crippen LogP contribution >= 0.6 is 0 Å². The molecule has 1 saturated heterocycles. The van der Waals surface area contributed by atoms with Crippen molar-refractivity contribution in [3.63, 3.8) is 0 Å². The number of ether oxygens (including phenoxy) is 1. The van der Waals surface area contributed by atoms with Gasteiger partial charge in [-0.3, -0.25) is 4.79 Å². The number of methoxy groups -OCH3 is 1. The number of hydrogen-bond acceptors (Lipinski definition) is 5. The highest BCUT2D eigenvalue weighted by Crippen LogP contribution is 2.40. The minimum Gasteiger partial charge on any atom is -0.377 e. The normalized spacial score (nSPS) is 19.4. The lowest BCUT2D eigenvalue weighted by Crippen LogP contribution is -2.34. The summed E-state index contributed by atoms with van der Waals surface area (Å²) in [6.45, 7) is -0.706. The number of benzene rings is 1. The van der Waals surface area contributed by atoms with Crippen LogP contribution in [0.2, 0.25) is 0 Å². The average molecular weight is 355 g/mol. The number of hydrogen-bond donors (Lipinski definition) is 0. The molecule has 2 heterocycles. The largest absolute Gasteiger partial charge is 0.377 e. The second-order valence-corrected chi connectivity index (χ2v) is 5.85. The molecule has 9 heteroatoms. The van der Waals surface area contributed by atoms with Crippen LogP contribution in [0.25, 0.3) is 0 Å². The maximum atomic E-state index is 13.9. The molecule has 0 N–H and O–H groups in total. The summed E-state index contributed by atoms with van der Waals surface area (Å²) in [5.41, 5.74) is 0.145. The highest BCUT2D eigenvalue weighted by atomic mass is 19.3. The van der Waals surface area contributed by atoms with Gasteiger partial charge in [0.2, 0.25) is 11.8 Å². The van der Waals surface area contributed by atoms with Gasteiger partial charge in [0.25, 0.3) is 5.92 Å². The molecule has 0 aliphatic carbocycles. The zero-order chi connectivity index (χ0) is 18.0. The Morgan fingerprint density at radius 2 is 2.20 bits per heavy atom. The molecule has 1 aromatic carbocycles. The standard InChI is InChI=1S/C16H16F3N3O3/c1-24-8-13-20-15(25-21-13)12-7-16(18,19)9-22(12)14(23)6-10-4-2-3-5-11(10)17/h2-5,12H,6-9H2,1H3/t12-/m0/s1. The zero-order valence-corrected chi connectivity index (χ0v) is 13.4. The van der Waals surface area contributed by atoms with E-state index in [1.807, 2.05) is 0 Å². The molecule has 1 amide bonds. The van der Waals surface area contributed by atoms with Gasteiger partial charge in [0, 0.05) is 13.5 Å². The fourth-order valence-electron chi connectivity index (χ4n) is 2.80. The van der Waals surface area contributed by atoms with Crippen molar-refractivity contribution in [3.8, 4) is 0 Å². The van der Waals surface area contributed by atoms with Crippen LogP contribution in [0.1, 0.15) is 29.7 Å². The SMILES string of the molecule is COCc1noc([C@@H]2CC(F)(F)CN2C(=O)Cc2ccccc2F)n1. The summed E-state index contributed by atoms with van der Waals surface area (Å²) in [6, 6.07) is 4.68. The van der Waals surface area contributed by atoms with Crippen molar-refractivity contribution < 1.29 is 27.2 Å². The van der Waals surface area contributed by atoms with E-state index in [0.717, 1.165) is 4.90 Å². The van der Waals surface area contributed by atoms with Crippen molar-refractivity contribution in [2.24, 2.45) is 0 Å². The summed E-state index contributed by atoms with van der Waals surface area (Å²) < 4.78 is 51.3. The lowest BCUT2D eigenvalue weighted by Gasteiger charge is -2.21. The molecular formula is C16H16F3N3O3. The van der Waals surface area contributed by atoms with E-state index in [-0.39, 0.29) is 30.3 Å². The fraction of sp³-hybridized carbons (Fsp3) is 0.438. The van der Waals surface area contributed by atoms with Crippen LogP contribution in [0.3, 0.4) is 0 Å². The minimum atomic E-state index is -3.08. The highest BCUT2D eigenvalue weighted by Gasteiger charge is 2.49. The molecule has 0 spiro atoms. The number of carbonyl (C=O) groups is 1. The van der Waals surface area contributed by atoms with Crippen LogP contribution in [-0.4, -0.2) is 40.5 Å². The number of halogens is 3. The fourth-order valence-corrected chi connectivity index (χ4v) is 2.80. The summed E-state index contributed by atoms with van der Waals surface area (Å²) >= 11 is 0. The molecule has 0 bridgehead atoms. The minimum absolute atomic E-state index is 0.0653. The Morgan fingerprint density at radius 1 is 1.44 bits per heavy atom. The zero-order valence-electron chi connectivity index (χ0n) is 13.4. The Hall–Kier alpha value is -2.42. The summed E-state index contributed by atoms with van der Waals surface area (Å²) in [4.78, 5) is 17.5. The number of carbonyl (C=O) groups excluding carboxylic acids is 1. The lowest BCUT2D eigenvalue weighted by molar-refractivity contribution is -0.133. The summed E-state index contributed by atoms with van der Waals surface area (Å²) in [5.74, 6) is -4.14. The van der Waals surface area contributed by atoms with Crippen molar-refractivity contribution in [1.82, 2.24) is 15.0 Å². The molecule has 134 valence electrons. The van der Waals surface area contributed by atoms with Gasteiger partial charge in [0.15, 0.2) is 5.82 Å². The Morgan fingerprint density at radius 3 is 2.92 bits per heavy atom. The van der Waals surface area contributed by atoms with E-state index in [1.54, 1.807) is 6.07 Å². The smallest absolute Gasteiger partial charge is 0.267 e. The number of aromatic nitrogens is 2. The quantitative estimate of drug-likeness (QED) is 0.824. The number of nitrogens with zero attached hydrogens (tertiary/aromatic N) is 3. The molecule has 0 saturated carbocycles. The molecule has 3 rings (SSSR count). The Kier molecular flexibility index (Phi) is 4.76. The monoisotopic (exact) mass is 355 g/mol. The van der Waals surface area contributed by atoms with Gasteiger partial charge in [0.1, 0.15) is 18.5 Å².